The van der Waals surface area contributed by atoms with Crippen LogP contribution in [0.4, 0.5) is 0 Å². The molecule has 0 aromatic rings. The van der Waals surface area contributed by atoms with Gasteiger partial charge >= 0.3 is 0 Å². The third-order valence-electron chi connectivity index (χ3n) is 5.08. The normalized spacial score (nSPS) is 40.1. The molecule has 2 saturated heterocycles. The van der Waals surface area contributed by atoms with Crippen LogP contribution in [-0.4, -0.2) is 41.4 Å². The zero-order valence-corrected chi connectivity index (χ0v) is 13.5. The zero-order valence-electron chi connectivity index (χ0n) is 11.4. The smallest absolute Gasteiger partial charge is 0.0917 e. The monoisotopic (exact) mass is 353 g/mol. The zero-order chi connectivity index (χ0) is 11.6. The van der Waals surface area contributed by atoms with Crippen LogP contribution in [0.15, 0.2) is 0 Å². The Kier molecular flexibility index (Phi) is 6.20. The number of fused-ring (bicyclic) bond motifs is 2. The minimum Gasteiger partial charge on any atom is -1.00 e. The molecule has 2 atom stereocenters. The highest BCUT2D eigenvalue weighted by Crippen LogP contribution is 2.41. The summed E-state index contributed by atoms with van der Waals surface area (Å²) in [5.41, 5.74) is 0. The molecule has 2 fully saturated rings. The topological polar surface area (TPSA) is 20.2 Å². The average molecular weight is 353 g/mol. The number of rotatable bonds is 5. The summed E-state index contributed by atoms with van der Waals surface area (Å²) in [5, 5.41) is 9.82. The molecule has 0 spiro atoms. The van der Waals surface area contributed by atoms with Gasteiger partial charge in [0.1, 0.15) is 0 Å². The van der Waals surface area contributed by atoms with E-state index < -0.39 is 0 Å². The Morgan fingerprint density at radius 2 is 1.65 bits per heavy atom. The van der Waals surface area contributed by atoms with Gasteiger partial charge < -0.3 is 33.6 Å². The molecule has 1 N–H and O–H groups in total. The third-order valence-corrected chi connectivity index (χ3v) is 5.08. The lowest BCUT2D eigenvalue weighted by molar-refractivity contribution is -0.949. The van der Waals surface area contributed by atoms with Crippen LogP contribution >= 0.6 is 0 Å². The standard InChI is InChI=1S/C14H28NO.HI/c1-3-4-5-6-9-15(2)12-7-8-13(15)11-14(16)10-12;/h12-14,16H,3-11H2,1-2H3;1H/q+1;/p-1. The Morgan fingerprint density at radius 3 is 2.18 bits per heavy atom. The summed E-state index contributed by atoms with van der Waals surface area (Å²) in [4.78, 5) is 0. The van der Waals surface area contributed by atoms with E-state index in [9.17, 15) is 5.11 Å². The molecule has 0 aromatic heterocycles. The summed E-state index contributed by atoms with van der Waals surface area (Å²) in [6, 6.07) is 1.52. The molecule has 2 bridgehead atoms. The Morgan fingerprint density at radius 1 is 1.06 bits per heavy atom. The van der Waals surface area contributed by atoms with E-state index in [-0.39, 0.29) is 30.1 Å². The van der Waals surface area contributed by atoms with Gasteiger partial charge in [-0.3, -0.25) is 0 Å². The van der Waals surface area contributed by atoms with Crippen LogP contribution in [0, 0.1) is 0 Å². The van der Waals surface area contributed by atoms with Crippen LogP contribution in [-0.2, 0) is 0 Å². The first kappa shape index (κ1) is 15.7. The van der Waals surface area contributed by atoms with Crippen molar-refractivity contribution in [2.24, 2.45) is 0 Å². The molecule has 0 amide bonds. The molecule has 0 saturated carbocycles. The first-order chi connectivity index (χ1) is 7.66. The number of quaternary nitrogens is 1. The van der Waals surface area contributed by atoms with Crippen molar-refractivity contribution in [1.29, 1.82) is 0 Å². The van der Waals surface area contributed by atoms with Crippen molar-refractivity contribution in [3.8, 4) is 0 Å². The molecular formula is C14H28INO. The maximum atomic E-state index is 9.82. The van der Waals surface area contributed by atoms with Crippen molar-refractivity contribution >= 4 is 0 Å². The van der Waals surface area contributed by atoms with Crippen molar-refractivity contribution < 1.29 is 33.6 Å². The largest absolute Gasteiger partial charge is 1.00 e. The number of hydrogen-bond acceptors (Lipinski definition) is 1. The highest BCUT2D eigenvalue weighted by atomic mass is 127. The molecule has 102 valence electrons. The summed E-state index contributed by atoms with van der Waals surface area (Å²) < 4.78 is 1.28. The van der Waals surface area contributed by atoms with Crippen LogP contribution in [0.1, 0.15) is 58.3 Å². The second-order valence-corrected chi connectivity index (χ2v) is 6.14. The van der Waals surface area contributed by atoms with Crippen LogP contribution in [0.5, 0.6) is 0 Å². The molecule has 2 aliphatic rings. The molecule has 0 aliphatic carbocycles. The lowest BCUT2D eigenvalue weighted by Gasteiger charge is -2.46. The van der Waals surface area contributed by atoms with E-state index >= 15 is 0 Å². The predicted molar refractivity (Wildman–Crippen MR) is 67.2 cm³/mol. The number of unbranched alkanes of at least 4 members (excludes halogenated alkanes) is 3. The van der Waals surface area contributed by atoms with E-state index in [0.29, 0.717) is 0 Å². The lowest BCUT2D eigenvalue weighted by atomic mass is 9.96. The minimum atomic E-state index is -0.000609. The first-order valence-corrected chi connectivity index (χ1v) is 7.19. The van der Waals surface area contributed by atoms with Gasteiger partial charge in [0.25, 0.3) is 0 Å². The van der Waals surface area contributed by atoms with Gasteiger partial charge in [-0.2, -0.15) is 0 Å². The Bertz CT molecular complexity index is 220. The molecule has 2 nitrogen and oxygen atoms in total. The summed E-state index contributed by atoms with van der Waals surface area (Å²) >= 11 is 0. The van der Waals surface area contributed by atoms with Crippen molar-refractivity contribution in [1.82, 2.24) is 0 Å². The Balaban J connectivity index is 0.00000144. The predicted octanol–water partition coefficient (Wildman–Crippen LogP) is -0.297. The maximum absolute atomic E-state index is 9.82. The molecule has 17 heavy (non-hydrogen) atoms. The number of halogens is 1. The Labute approximate surface area is 123 Å². The fourth-order valence-electron chi connectivity index (χ4n) is 3.96. The van der Waals surface area contributed by atoms with Crippen molar-refractivity contribution in [2.45, 2.75) is 76.5 Å². The number of hydrogen-bond donors (Lipinski definition) is 1. The van der Waals surface area contributed by atoms with E-state index in [4.69, 9.17) is 0 Å². The minimum absolute atomic E-state index is 0. The molecule has 0 radical (unpaired) electrons. The first-order valence-electron chi connectivity index (χ1n) is 7.19. The van der Waals surface area contributed by atoms with Gasteiger partial charge in [0.2, 0.25) is 0 Å². The van der Waals surface area contributed by atoms with Gasteiger partial charge in [0.15, 0.2) is 0 Å². The van der Waals surface area contributed by atoms with Crippen molar-refractivity contribution in [2.75, 3.05) is 13.6 Å². The van der Waals surface area contributed by atoms with Crippen molar-refractivity contribution in [3.05, 3.63) is 0 Å². The average Bonchev–Trinajstić information content (AvgIpc) is 2.46. The van der Waals surface area contributed by atoms with E-state index in [1.54, 1.807) is 0 Å². The SMILES string of the molecule is CCCCCC[N+]1(C)C2CCC1CC(O)C2.[I-]. The molecule has 0 aromatic carbocycles. The molecular weight excluding hydrogens is 325 g/mol. The van der Waals surface area contributed by atoms with E-state index in [2.05, 4.69) is 14.0 Å². The van der Waals surface area contributed by atoms with Crippen LogP contribution in [0.3, 0.4) is 0 Å². The van der Waals surface area contributed by atoms with E-state index in [1.165, 1.54) is 49.6 Å². The van der Waals surface area contributed by atoms with Gasteiger partial charge in [0, 0.05) is 25.7 Å². The van der Waals surface area contributed by atoms with Gasteiger partial charge in [0.05, 0.1) is 31.8 Å². The fraction of sp³-hybridized carbons (Fsp3) is 1.00. The van der Waals surface area contributed by atoms with Gasteiger partial charge in [-0.15, -0.1) is 0 Å². The van der Waals surface area contributed by atoms with E-state index in [1.807, 2.05) is 0 Å². The number of aliphatic hydroxyl groups is 1. The summed E-state index contributed by atoms with van der Waals surface area (Å²) in [7, 11) is 2.44. The van der Waals surface area contributed by atoms with Crippen LogP contribution in [0.25, 0.3) is 0 Å². The summed E-state index contributed by atoms with van der Waals surface area (Å²) in [6.07, 6.45) is 10.3. The van der Waals surface area contributed by atoms with Gasteiger partial charge in [-0.05, 0) is 12.8 Å². The van der Waals surface area contributed by atoms with Gasteiger partial charge in [-0.25, -0.2) is 0 Å². The van der Waals surface area contributed by atoms with Crippen molar-refractivity contribution in [3.63, 3.8) is 0 Å². The van der Waals surface area contributed by atoms with Crippen LogP contribution < -0.4 is 24.0 Å². The molecule has 2 unspecified atom stereocenters. The molecule has 2 aliphatic heterocycles. The second-order valence-electron chi connectivity index (χ2n) is 6.14. The molecule has 3 heteroatoms. The molecule has 2 heterocycles. The Hall–Kier alpha value is 0.650. The van der Waals surface area contributed by atoms with E-state index in [0.717, 1.165) is 24.9 Å². The highest BCUT2D eigenvalue weighted by molar-refractivity contribution is 4.85. The fourth-order valence-corrected chi connectivity index (χ4v) is 3.96. The molecule has 2 rings (SSSR count). The quantitative estimate of drug-likeness (QED) is 0.409. The number of nitrogens with zero attached hydrogens (tertiary/aromatic N) is 1. The third kappa shape index (κ3) is 3.35. The number of aliphatic hydroxyl groups excluding tert-OH is 1. The lowest BCUT2D eigenvalue weighted by Crippen LogP contribution is -3.00. The summed E-state index contributed by atoms with van der Waals surface area (Å²) in [6.45, 7) is 3.62. The maximum Gasteiger partial charge on any atom is 0.0917 e. The van der Waals surface area contributed by atoms with Crippen LogP contribution in [0.2, 0.25) is 0 Å². The van der Waals surface area contributed by atoms with Gasteiger partial charge in [-0.1, -0.05) is 19.8 Å². The second kappa shape index (κ2) is 6.71. The number of piperidine rings is 1. The summed E-state index contributed by atoms with van der Waals surface area (Å²) in [5.74, 6) is 0. The highest BCUT2D eigenvalue weighted by Gasteiger charge is 2.50.